The zero-order valence-electron chi connectivity index (χ0n) is 24.6. The van der Waals surface area contributed by atoms with Crippen molar-refractivity contribution in [2.45, 2.75) is 73.8 Å². The van der Waals surface area contributed by atoms with Crippen molar-refractivity contribution in [1.29, 1.82) is 0 Å². The number of rotatable bonds is 2. The van der Waals surface area contributed by atoms with Gasteiger partial charge in [0.15, 0.2) is 23.1 Å². The molecular weight excluding hydrogens is 506 g/mol. The van der Waals surface area contributed by atoms with Crippen LogP contribution in [0.15, 0.2) is 41.0 Å². The Hall–Kier alpha value is -3.61. The molecule has 5 rings (SSSR count). The second kappa shape index (κ2) is 10.4. The molecule has 5 atom stereocenters. The second-order valence-electron chi connectivity index (χ2n) is 12.4. The molecule has 1 fully saturated rings. The van der Waals surface area contributed by atoms with Crippen LogP contribution in [0, 0.1) is 36.5 Å². The van der Waals surface area contributed by atoms with Crippen LogP contribution in [-0.4, -0.2) is 39.7 Å². The van der Waals surface area contributed by atoms with Gasteiger partial charge in [-0.2, -0.15) is 0 Å². The number of fused-ring (bicyclic) bond motifs is 7. The minimum absolute atomic E-state index is 0.00177. The lowest BCUT2D eigenvalue weighted by Crippen LogP contribution is -2.59. The number of carbonyl (C=O) groups excluding carboxylic acids is 5. The number of phenols is 1. The molecule has 4 bridgehead atoms. The van der Waals surface area contributed by atoms with E-state index >= 15 is 0 Å². The van der Waals surface area contributed by atoms with Gasteiger partial charge in [0, 0.05) is 35.3 Å². The fraction of sp³-hybridized carbons (Fsp3) is 0.485. The molecule has 0 aromatic heterocycles. The molecule has 1 amide bonds. The first-order valence-corrected chi connectivity index (χ1v) is 14.0. The number of nitrogens with one attached hydrogen (secondary N) is 1. The number of Topliss-reactive ketones (excluding diaryl/α,β-unsaturated/α-hetero) is 4. The summed E-state index contributed by atoms with van der Waals surface area (Å²) in [5.74, 6) is -4.57. The van der Waals surface area contributed by atoms with Crippen LogP contribution in [0.2, 0.25) is 0 Å². The highest BCUT2D eigenvalue weighted by molar-refractivity contribution is 6.26. The fourth-order valence-electron chi connectivity index (χ4n) is 7.08. The van der Waals surface area contributed by atoms with Gasteiger partial charge in [-0.1, -0.05) is 51.5 Å². The second-order valence-corrected chi connectivity index (χ2v) is 12.4. The van der Waals surface area contributed by atoms with Crippen molar-refractivity contribution in [3.05, 3.63) is 63.3 Å². The number of aromatic hydroxyl groups is 1. The number of benzene rings is 1. The Kier molecular flexibility index (Phi) is 7.65. The van der Waals surface area contributed by atoms with Gasteiger partial charge in [0.2, 0.25) is 5.91 Å². The van der Waals surface area contributed by atoms with Crippen molar-refractivity contribution in [2.24, 2.45) is 29.6 Å². The Bertz CT molecular complexity index is 1440. The van der Waals surface area contributed by atoms with Crippen LogP contribution in [0.3, 0.4) is 0 Å². The van der Waals surface area contributed by atoms with Crippen LogP contribution in [0.4, 0.5) is 0 Å². The van der Waals surface area contributed by atoms with E-state index in [1.54, 1.807) is 33.8 Å². The molecule has 1 aliphatic heterocycles. The van der Waals surface area contributed by atoms with E-state index in [4.69, 9.17) is 0 Å². The molecular formula is C33H39NO6. The number of hydrogen-bond acceptors (Lipinski definition) is 6. The van der Waals surface area contributed by atoms with Gasteiger partial charge in [-0.15, -0.1) is 0 Å². The molecule has 4 aliphatic rings. The Morgan fingerprint density at radius 2 is 1.62 bits per heavy atom. The van der Waals surface area contributed by atoms with Crippen molar-refractivity contribution in [2.75, 3.05) is 0 Å². The first-order valence-electron chi connectivity index (χ1n) is 14.0. The Morgan fingerprint density at radius 1 is 0.975 bits per heavy atom. The quantitative estimate of drug-likeness (QED) is 0.507. The summed E-state index contributed by atoms with van der Waals surface area (Å²) in [5.41, 5.74) is -0.0620. The summed E-state index contributed by atoms with van der Waals surface area (Å²) in [5, 5.41) is 13.9. The molecule has 7 heteroatoms. The Morgan fingerprint density at radius 3 is 2.25 bits per heavy atom. The number of allylic oxidation sites excluding steroid dienone is 6. The first kappa shape index (κ1) is 29.4. The van der Waals surface area contributed by atoms with Gasteiger partial charge in [-0.3, -0.25) is 24.0 Å². The maximum atomic E-state index is 14.5. The van der Waals surface area contributed by atoms with Crippen LogP contribution < -0.4 is 5.32 Å². The lowest BCUT2D eigenvalue weighted by atomic mass is 9.61. The zero-order chi connectivity index (χ0) is 29.8. The molecule has 1 heterocycles. The summed E-state index contributed by atoms with van der Waals surface area (Å²) < 4.78 is 0. The van der Waals surface area contributed by atoms with Crippen LogP contribution >= 0.6 is 0 Å². The summed E-state index contributed by atoms with van der Waals surface area (Å²) in [6, 6.07) is 1.42. The standard InChI is InChI=1S/C33H39NO6/c1-15(2)9-23-27-21(8)28(36)18(5)11-16(3)10-17(4)12-19(6)29(37)26-25-22(13-20(7)30(26)38)31(39)33(27,14-24(25)35)34-32(23)40/h10-13,15-16,21,23,27,38H,9,14H2,1-8H3,(H,34,40)/b17-10+,18-11-,19-12-/t16-,21-,23-,27-,33+/m1/s1. The smallest absolute Gasteiger partial charge is 0.224 e. The maximum Gasteiger partial charge on any atom is 0.224 e. The molecule has 1 aromatic rings. The Labute approximate surface area is 235 Å². The van der Waals surface area contributed by atoms with Crippen LogP contribution in [0.5, 0.6) is 5.75 Å². The number of aryl methyl sites for hydroxylation is 1. The third kappa shape index (κ3) is 4.69. The summed E-state index contributed by atoms with van der Waals surface area (Å²) >= 11 is 0. The van der Waals surface area contributed by atoms with E-state index in [1.807, 2.05) is 39.8 Å². The summed E-state index contributed by atoms with van der Waals surface area (Å²) in [7, 11) is 0. The molecule has 1 spiro atoms. The van der Waals surface area contributed by atoms with Crippen molar-refractivity contribution in [3.8, 4) is 5.75 Å². The molecule has 0 unspecified atom stereocenters. The zero-order valence-corrected chi connectivity index (χ0v) is 24.6. The third-order valence-corrected chi connectivity index (χ3v) is 8.68. The highest BCUT2D eigenvalue weighted by atomic mass is 16.3. The van der Waals surface area contributed by atoms with Crippen LogP contribution in [0.25, 0.3) is 0 Å². The van der Waals surface area contributed by atoms with E-state index in [0.29, 0.717) is 17.6 Å². The number of carbonyl (C=O) groups is 5. The highest BCUT2D eigenvalue weighted by Gasteiger charge is 2.63. The molecule has 212 valence electrons. The number of phenolic OH excluding ortho intramolecular Hbond substituents is 1. The van der Waals surface area contributed by atoms with E-state index < -0.39 is 40.6 Å². The molecule has 1 saturated heterocycles. The third-order valence-electron chi connectivity index (χ3n) is 8.68. The van der Waals surface area contributed by atoms with Gasteiger partial charge in [0.05, 0.1) is 5.56 Å². The number of hydrogen-bond donors (Lipinski definition) is 2. The lowest BCUT2D eigenvalue weighted by Gasteiger charge is -2.41. The fourth-order valence-corrected chi connectivity index (χ4v) is 7.08. The van der Waals surface area contributed by atoms with Gasteiger partial charge >= 0.3 is 0 Å². The van der Waals surface area contributed by atoms with Crippen molar-refractivity contribution >= 4 is 29.0 Å². The molecule has 40 heavy (non-hydrogen) atoms. The van der Waals surface area contributed by atoms with E-state index in [2.05, 4.69) is 5.32 Å². The maximum absolute atomic E-state index is 14.5. The number of amides is 1. The molecule has 0 radical (unpaired) electrons. The first-order chi connectivity index (χ1) is 18.6. The topological polar surface area (TPSA) is 118 Å². The van der Waals surface area contributed by atoms with Crippen LogP contribution in [0.1, 0.15) is 97.9 Å². The lowest BCUT2D eigenvalue weighted by molar-refractivity contribution is -0.124. The average Bonchev–Trinajstić information content (AvgIpc) is 3.12. The Balaban J connectivity index is 2.08. The minimum atomic E-state index is -1.62. The SMILES string of the molecule is C/C1=C/C(C)=C/[C@@H](C)/C=C(/C)C(=O)[C@H](C)[C@@H]2[C@@H](CC(C)C)C(=O)N[C@@]23CC(=O)c2c(cc(C)c(O)c2C1=O)C3=O. The predicted molar refractivity (Wildman–Crippen MR) is 152 cm³/mol. The summed E-state index contributed by atoms with van der Waals surface area (Å²) in [4.78, 5) is 69.5. The van der Waals surface area contributed by atoms with E-state index in [9.17, 15) is 29.1 Å². The van der Waals surface area contributed by atoms with Crippen molar-refractivity contribution < 1.29 is 29.1 Å². The molecule has 7 nitrogen and oxygen atoms in total. The number of ketones is 4. The van der Waals surface area contributed by atoms with Gasteiger partial charge in [-0.25, -0.2) is 0 Å². The highest BCUT2D eigenvalue weighted by Crippen LogP contribution is 2.49. The van der Waals surface area contributed by atoms with Gasteiger partial charge in [0.1, 0.15) is 11.3 Å². The monoisotopic (exact) mass is 545 g/mol. The predicted octanol–water partition coefficient (Wildman–Crippen LogP) is 5.49. The van der Waals surface area contributed by atoms with E-state index in [-0.39, 0.29) is 58.0 Å². The van der Waals surface area contributed by atoms with E-state index in [1.165, 1.54) is 6.07 Å². The van der Waals surface area contributed by atoms with Gasteiger partial charge in [0.25, 0.3) is 0 Å². The van der Waals surface area contributed by atoms with Gasteiger partial charge in [-0.05, 0) is 68.7 Å². The summed E-state index contributed by atoms with van der Waals surface area (Å²) in [6.45, 7) is 14.4. The van der Waals surface area contributed by atoms with Crippen molar-refractivity contribution in [1.82, 2.24) is 5.32 Å². The molecule has 0 saturated carbocycles. The largest absolute Gasteiger partial charge is 0.507 e. The summed E-state index contributed by atoms with van der Waals surface area (Å²) in [6.07, 6.45) is 5.52. The van der Waals surface area contributed by atoms with Crippen molar-refractivity contribution in [3.63, 3.8) is 0 Å². The van der Waals surface area contributed by atoms with Crippen LogP contribution in [-0.2, 0) is 9.59 Å². The molecule has 1 aromatic carbocycles. The molecule has 3 aliphatic carbocycles. The van der Waals surface area contributed by atoms with Gasteiger partial charge < -0.3 is 10.4 Å². The average molecular weight is 546 g/mol. The normalized spacial score (nSPS) is 33.2. The molecule has 2 N–H and O–H groups in total. The van der Waals surface area contributed by atoms with E-state index in [0.717, 1.165) is 5.57 Å². The minimum Gasteiger partial charge on any atom is -0.507 e.